The van der Waals surface area contributed by atoms with E-state index in [0.717, 1.165) is 23.1 Å². The number of hydrogen-bond donors (Lipinski definition) is 1. The maximum absolute atomic E-state index is 12.6. The third kappa shape index (κ3) is 4.43. The fourth-order valence-electron chi connectivity index (χ4n) is 3.01. The molecule has 1 saturated heterocycles. The first-order chi connectivity index (χ1) is 12.6. The molecule has 26 heavy (non-hydrogen) atoms. The summed E-state index contributed by atoms with van der Waals surface area (Å²) in [6.45, 7) is 1.27. The largest absolute Gasteiger partial charge is 0.497 e. The van der Waals surface area contributed by atoms with Gasteiger partial charge in [0.2, 0.25) is 0 Å². The van der Waals surface area contributed by atoms with Crippen LogP contribution in [0.1, 0.15) is 33.6 Å². The van der Waals surface area contributed by atoms with E-state index in [0.29, 0.717) is 24.2 Å². The Hall–Kier alpha value is -2.34. The first-order valence-electron chi connectivity index (χ1n) is 8.56. The Bertz CT molecular complexity index is 767. The van der Waals surface area contributed by atoms with Crippen LogP contribution < -0.4 is 10.1 Å². The van der Waals surface area contributed by atoms with E-state index < -0.39 is 0 Å². The molecule has 0 atom stereocenters. The number of nitrogens with zero attached hydrogens (tertiary/aromatic N) is 1. The summed E-state index contributed by atoms with van der Waals surface area (Å²) in [6.07, 6.45) is 1.51. The molecule has 0 saturated carbocycles. The number of methoxy groups -OCH3 is 1. The molecule has 5 nitrogen and oxygen atoms in total. The number of benzene rings is 2. The number of piperidine rings is 1. The van der Waals surface area contributed by atoms with Crippen molar-refractivity contribution in [3.05, 3.63) is 64.1 Å². The molecule has 1 N–H and O–H groups in total. The minimum Gasteiger partial charge on any atom is -0.497 e. The summed E-state index contributed by atoms with van der Waals surface area (Å²) >= 11 is 3.36. The van der Waals surface area contributed by atoms with Gasteiger partial charge in [-0.05, 0) is 61.4 Å². The number of carbonyl (C=O) groups is 2. The lowest BCUT2D eigenvalue weighted by atomic mass is 10.0. The van der Waals surface area contributed by atoms with Gasteiger partial charge in [0.05, 0.1) is 7.11 Å². The van der Waals surface area contributed by atoms with Crippen LogP contribution in [0.3, 0.4) is 0 Å². The van der Waals surface area contributed by atoms with Gasteiger partial charge in [0.25, 0.3) is 11.8 Å². The fourth-order valence-corrected chi connectivity index (χ4v) is 3.28. The molecule has 136 valence electrons. The number of ether oxygens (including phenoxy) is 1. The summed E-state index contributed by atoms with van der Waals surface area (Å²) in [6, 6.07) is 14.5. The van der Waals surface area contributed by atoms with Crippen molar-refractivity contribution in [1.29, 1.82) is 0 Å². The minimum absolute atomic E-state index is 0.0188. The molecule has 1 heterocycles. The van der Waals surface area contributed by atoms with E-state index >= 15 is 0 Å². The molecule has 0 bridgehead atoms. The predicted molar refractivity (Wildman–Crippen MR) is 104 cm³/mol. The number of amides is 2. The third-order valence-corrected chi connectivity index (χ3v) is 5.09. The highest BCUT2D eigenvalue weighted by Crippen LogP contribution is 2.17. The molecule has 1 aliphatic heterocycles. The second-order valence-corrected chi connectivity index (χ2v) is 7.19. The van der Waals surface area contributed by atoms with Crippen LogP contribution in [0, 0.1) is 0 Å². The van der Waals surface area contributed by atoms with E-state index in [-0.39, 0.29) is 17.9 Å². The van der Waals surface area contributed by atoms with Crippen molar-refractivity contribution in [2.45, 2.75) is 18.9 Å². The average molecular weight is 417 g/mol. The normalized spacial score (nSPS) is 14.8. The summed E-state index contributed by atoms with van der Waals surface area (Å²) in [5.74, 6) is 0.679. The van der Waals surface area contributed by atoms with Crippen LogP contribution in [-0.2, 0) is 0 Å². The van der Waals surface area contributed by atoms with Crippen LogP contribution in [0.4, 0.5) is 0 Å². The van der Waals surface area contributed by atoms with Crippen molar-refractivity contribution in [2.75, 3.05) is 20.2 Å². The molecule has 1 aliphatic rings. The van der Waals surface area contributed by atoms with E-state index in [4.69, 9.17) is 4.74 Å². The molecule has 0 aliphatic carbocycles. The number of rotatable bonds is 4. The van der Waals surface area contributed by atoms with Gasteiger partial charge in [-0.15, -0.1) is 0 Å². The molecule has 2 aromatic carbocycles. The van der Waals surface area contributed by atoms with Crippen molar-refractivity contribution >= 4 is 27.7 Å². The SMILES string of the molecule is COc1ccc(C(=O)N2CCC(NC(=O)c3ccc(Br)cc3)CC2)cc1. The lowest BCUT2D eigenvalue weighted by molar-refractivity contribution is 0.0698. The molecule has 2 amide bonds. The topological polar surface area (TPSA) is 58.6 Å². The van der Waals surface area contributed by atoms with E-state index in [1.54, 1.807) is 43.5 Å². The first kappa shape index (κ1) is 18.5. The Labute approximate surface area is 161 Å². The van der Waals surface area contributed by atoms with Crippen LogP contribution in [0.5, 0.6) is 5.75 Å². The third-order valence-electron chi connectivity index (χ3n) is 4.56. The Balaban J connectivity index is 1.52. The van der Waals surface area contributed by atoms with Crippen molar-refractivity contribution in [2.24, 2.45) is 0 Å². The summed E-state index contributed by atoms with van der Waals surface area (Å²) in [5.41, 5.74) is 1.30. The summed E-state index contributed by atoms with van der Waals surface area (Å²) in [5, 5.41) is 3.06. The highest BCUT2D eigenvalue weighted by atomic mass is 79.9. The van der Waals surface area contributed by atoms with Crippen LogP contribution in [0.25, 0.3) is 0 Å². The van der Waals surface area contributed by atoms with Gasteiger partial charge >= 0.3 is 0 Å². The quantitative estimate of drug-likeness (QED) is 0.829. The zero-order chi connectivity index (χ0) is 18.5. The van der Waals surface area contributed by atoms with Gasteiger partial charge in [0.15, 0.2) is 0 Å². The van der Waals surface area contributed by atoms with Gasteiger partial charge in [0, 0.05) is 34.7 Å². The van der Waals surface area contributed by atoms with Crippen molar-refractivity contribution < 1.29 is 14.3 Å². The van der Waals surface area contributed by atoms with Crippen molar-refractivity contribution in [3.8, 4) is 5.75 Å². The van der Waals surface area contributed by atoms with Gasteiger partial charge in [0.1, 0.15) is 5.75 Å². The molecule has 2 aromatic rings. The van der Waals surface area contributed by atoms with Gasteiger partial charge in [-0.2, -0.15) is 0 Å². The van der Waals surface area contributed by atoms with Crippen LogP contribution in [-0.4, -0.2) is 43.0 Å². The number of carbonyl (C=O) groups excluding carboxylic acids is 2. The number of nitrogens with one attached hydrogen (secondary N) is 1. The fraction of sp³-hybridized carbons (Fsp3) is 0.300. The summed E-state index contributed by atoms with van der Waals surface area (Å²) in [7, 11) is 1.60. The second-order valence-electron chi connectivity index (χ2n) is 6.28. The highest BCUT2D eigenvalue weighted by Gasteiger charge is 2.24. The Kier molecular flexibility index (Phi) is 5.93. The summed E-state index contributed by atoms with van der Waals surface area (Å²) < 4.78 is 6.06. The van der Waals surface area contributed by atoms with E-state index in [1.165, 1.54) is 0 Å². The van der Waals surface area contributed by atoms with Gasteiger partial charge < -0.3 is 15.0 Å². The van der Waals surface area contributed by atoms with Crippen LogP contribution in [0.2, 0.25) is 0 Å². The monoisotopic (exact) mass is 416 g/mol. The maximum atomic E-state index is 12.6. The highest BCUT2D eigenvalue weighted by molar-refractivity contribution is 9.10. The standard InChI is InChI=1S/C20H21BrN2O3/c1-26-18-8-4-15(5-9-18)20(25)23-12-10-17(11-13-23)22-19(24)14-2-6-16(21)7-3-14/h2-9,17H,10-13H2,1H3,(H,22,24). The van der Waals surface area contributed by atoms with E-state index in [1.807, 2.05) is 17.0 Å². The smallest absolute Gasteiger partial charge is 0.253 e. The van der Waals surface area contributed by atoms with Crippen molar-refractivity contribution in [3.63, 3.8) is 0 Å². The van der Waals surface area contributed by atoms with Crippen LogP contribution in [0.15, 0.2) is 53.0 Å². The maximum Gasteiger partial charge on any atom is 0.253 e. The van der Waals surface area contributed by atoms with E-state index in [2.05, 4.69) is 21.2 Å². The number of halogens is 1. The Morgan fingerprint density at radius 2 is 1.58 bits per heavy atom. The summed E-state index contributed by atoms with van der Waals surface area (Å²) in [4.78, 5) is 26.7. The van der Waals surface area contributed by atoms with Gasteiger partial charge in [-0.3, -0.25) is 9.59 Å². The molecule has 0 spiro atoms. The molecule has 0 unspecified atom stereocenters. The Morgan fingerprint density at radius 1 is 1.00 bits per heavy atom. The molecule has 0 radical (unpaired) electrons. The van der Waals surface area contributed by atoms with Crippen molar-refractivity contribution in [1.82, 2.24) is 10.2 Å². The lowest BCUT2D eigenvalue weighted by Gasteiger charge is -2.32. The number of hydrogen-bond acceptors (Lipinski definition) is 3. The first-order valence-corrected chi connectivity index (χ1v) is 9.36. The molecule has 0 aromatic heterocycles. The average Bonchev–Trinajstić information content (AvgIpc) is 2.68. The Morgan fingerprint density at radius 3 is 2.15 bits per heavy atom. The minimum atomic E-state index is -0.0718. The zero-order valence-electron chi connectivity index (χ0n) is 14.6. The van der Waals surface area contributed by atoms with Gasteiger partial charge in [-0.1, -0.05) is 15.9 Å². The lowest BCUT2D eigenvalue weighted by Crippen LogP contribution is -2.46. The predicted octanol–water partition coefficient (Wildman–Crippen LogP) is 3.49. The molecular formula is C20H21BrN2O3. The van der Waals surface area contributed by atoms with E-state index in [9.17, 15) is 9.59 Å². The van der Waals surface area contributed by atoms with Crippen LogP contribution >= 0.6 is 15.9 Å². The molecule has 6 heteroatoms. The molecule has 1 fully saturated rings. The molecular weight excluding hydrogens is 396 g/mol. The second kappa shape index (κ2) is 8.36. The molecule has 3 rings (SSSR count). The number of likely N-dealkylation sites (tertiary alicyclic amines) is 1. The zero-order valence-corrected chi connectivity index (χ0v) is 16.2. The van der Waals surface area contributed by atoms with Gasteiger partial charge in [-0.25, -0.2) is 0 Å².